The van der Waals surface area contributed by atoms with Gasteiger partial charge in [0.15, 0.2) is 0 Å². The van der Waals surface area contributed by atoms with Crippen molar-refractivity contribution in [2.24, 2.45) is 0 Å². The van der Waals surface area contributed by atoms with Gasteiger partial charge in [-0.3, -0.25) is 0 Å². The summed E-state index contributed by atoms with van der Waals surface area (Å²) in [6.45, 7) is 3.05. The van der Waals surface area contributed by atoms with E-state index in [4.69, 9.17) is 10.2 Å². The maximum absolute atomic E-state index is 13.8. The molecule has 2 unspecified atom stereocenters. The Bertz CT molecular complexity index is 956. The van der Waals surface area contributed by atoms with Crippen LogP contribution in [0.1, 0.15) is 47.4 Å². The zero-order chi connectivity index (χ0) is 23.1. The van der Waals surface area contributed by atoms with E-state index in [2.05, 4.69) is 25.9 Å². The summed E-state index contributed by atoms with van der Waals surface area (Å²) in [5.41, 5.74) is 4.42. The van der Waals surface area contributed by atoms with Gasteiger partial charge in [-0.2, -0.15) is 0 Å². The van der Waals surface area contributed by atoms with Crippen LogP contribution in [0.3, 0.4) is 0 Å². The maximum atomic E-state index is 13.8. The zero-order valence-electron chi connectivity index (χ0n) is 17.8. The molecule has 166 valence electrons. The van der Waals surface area contributed by atoms with Crippen LogP contribution in [0.25, 0.3) is 0 Å². The van der Waals surface area contributed by atoms with Crippen molar-refractivity contribution < 1.29 is 28.6 Å². The Hall–Kier alpha value is -3.06. The number of nitrogens with zero attached hydrogens (tertiary/aromatic N) is 1. The number of carboxylic acids is 2. The Morgan fingerprint density at radius 2 is 1.52 bits per heavy atom. The van der Waals surface area contributed by atoms with Gasteiger partial charge in [-0.25, -0.2) is 18.4 Å². The van der Waals surface area contributed by atoms with Crippen LogP contribution in [0, 0.1) is 11.6 Å². The lowest BCUT2D eigenvalue weighted by Crippen LogP contribution is -2.17. The topological polar surface area (TPSA) is 77.8 Å². The van der Waals surface area contributed by atoms with Crippen LogP contribution in [0.5, 0.6) is 0 Å². The highest BCUT2D eigenvalue weighted by Gasteiger charge is 2.27. The number of fused-ring (bicyclic) bond motifs is 2. The largest absolute Gasteiger partial charge is 0.478 e. The highest BCUT2D eigenvalue weighted by molar-refractivity contribution is 5.89. The number of rotatable bonds is 5. The smallest absolute Gasteiger partial charge is 0.328 e. The summed E-state index contributed by atoms with van der Waals surface area (Å²) in [5.74, 6) is -2.54. The van der Waals surface area contributed by atoms with E-state index in [1.165, 1.54) is 11.6 Å². The number of aliphatic carboxylic acids is 2. The lowest BCUT2D eigenvalue weighted by Gasteiger charge is -2.21. The van der Waals surface area contributed by atoms with E-state index >= 15 is 0 Å². The molecule has 0 amide bonds. The number of carboxylic acid groups (broad SMARTS) is 2. The normalized spacial score (nSPS) is 17.4. The molecule has 31 heavy (non-hydrogen) atoms. The zero-order valence-corrected chi connectivity index (χ0v) is 17.8. The minimum Gasteiger partial charge on any atom is -0.478 e. The molecule has 2 aromatic carbocycles. The minimum atomic E-state index is -1.26. The van der Waals surface area contributed by atoms with E-state index in [0.717, 1.165) is 36.1 Å². The summed E-state index contributed by atoms with van der Waals surface area (Å²) in [5, 5.41) is 15.6. The molecule has 2 aromatic rings. The van der Waals surface area contributed by atoms with Crippen LogP contribution in [0.4, 0.5) is 8.78 Å². The highest BCUT2D eigenvalue weighted by Crippen LogP contribution is 2.40. The van der Waals surface area contributed by atoms with Gasteiger partial charge in [0.05, 0.1) is 0 Å². The van der Waals surface area contributed by atoms with E-state index in [9.17, 15) is 18.4 Å². The summed E-state index contributed by atoms with van der Waals surface area (Å²) in [6, 6.07) is 10.1. The predicted octanol–water partition coefficient (Wildman–Crippen LogP) is 4.42. The van der Waals surface area contributed by atoms with Gasteiger partial charge in [0.1, 0.15) is 11.6 Å². The van der Waals surface area contributed by atoms with Crippen molar-refractivity contribution in [3.05, 3.63) is 82.4 Å². The number of hydrogen-bond donors (Lipinski definition) is 2. The molecule has 3 rings (SSSR count). The molecule has 0 bridgehead atoms. The summed E-state index contributed by atoms with van der Waals surface area (Å²) >= 11 is 0. The molecule has 1 aliphatic carbocycles. The second-order valence-corrected chi connectivity index (χ2v) is 7.84. The maximum Gasteiger partial charge on any atom is 0.328 e. The van der Waals surface area contributed by atoms with Gasteiger partial charge in [0, 0.05) is 18.1 Å². The van der Waals surface area contributed by atoms with Crippen LogP contribution < -0.4 is 0 Å². The van der Waals surface area contributed by atoms with Gasteiger partial charge in [-0.15, -0.1) is 0 Å². The fourth-order valence-corrected chi connectivity index (χ4v) is 3.82. The van der Waals surface area contributed by atoms with Crippen molar-refractivity contribution in [2.75, 3.05) is 20.6 Å². The molecule has 5 nitrogen and oxygen atoms in total. The summed E-state index contributed by atoms with van der Waals surface area (Å²) in [7, 11) is 4.11. The Morgan fingerprint density at radius 1 is 0.968 bits per heavy atom. The predicted molar refractivity (Wildman–Crippen MR) is 114 cm³/mol. The molecule has 1 aliphatic rings. The molecule has 7 heteroatoms. The first-order valence-corrected chi connectivity index (χ1v) is 9.94. The second-order valence-electron chi connectivity index (χ2n) is 7.84. The fraction of sp³-hybridized carbons (Fsp3) is 0.333. The van der Waals surface area contributed by atoms with Gasteiger partial charge in [0.2, 0.25) is 0 Å². The third-order valence-electron chi connectivity index (χ3n) is 5.29. The minimum absolute atomic E-state index is 0.0839. The standard InChI is InChI=1S/C20H23F2N.C4H4O4/c1-13-18-6-4-16(21)11-15(18)10-14(8-9-23(2)3)19-7-5-17(22)12-20(13)19;5-3(6)1-2-4(7)8/h4-7,11-14H,8-10H2,1-3H3;1-2H,(H,5,6)(H,7,8). The molecular formula is C24H27F2NO4. The lowest BCUT2D eigenvalue weighted by atomic mass is 9.86. The van der Waals surface area contributed by atoms with Gasteiger partial charge in [0.25, 0.3) is 0 Å². The van der Waals surface area contributed by atoms with E-state index in [1.54, 1.807) is 18.2 Å². The van der Waals surface area contributed by atoms with Gasteiger partial charge >= 0.3 is 11.9 Å². The summed E-state index contributed by atoms with van der Waals surface area (Å²) in [4.78, 5) is 21.3. The molecule has 0 spiro atoms. The number of hydrogen-bond acceptors (Lipinski definition) is 3. The molecule has 0 fully saturated rings. The van der Waals surface area contributed by atoms with Crippen LogP contribution in [0.2, 0.25) is 0 Å². The molecule has 0 saturated carbocycles. The average molecular weight is 431 g/mol. The Balaban J connectivity index is 0.000000366. The first-order valence-electron chi connectivity index (χ1n) is 9.94. The molecule has 0 heterocycles. The molecule has 0 saturated heterocycles. The van der Waals surface area contributed by atoms with Crippen molar-refractivity contribution in [2.45, 2.75) is 31.6 Å². The lowest BCUT2D eigenvalue weighted by molar-refractivity contribution is -0.134. The van der Waals surface area contributed by atoms with E-state index in [-0.39, 0.29) is 17.6 Å². The average Bonchev–Trinajstić information content (AvgIpc) is 2.80. The highest BCUT2D eigenvalue weighted by atomic mass is 19.1. The summed E-state index contributed by atoms with van der Waals surface area (Å²) in [6.07, 6.45) is 2.91. The van der Waals surface area contributed by atoms with Crippen LogP contribution in [-0.4, -0.2) is 47.7 Å². The monoisotopic (exact) mass is 431 g/mol. The van der Waals surface area contributed by atoms with Crippen LogP contribution in [0.15, 0.2) is 48.6 Å². The van der Waals surface area contributed by atoms with Crippen molar-refractivity contribution >= 4 is 11.9 Å². The van der Waals surface area contributed by atoms with Crippen molar-refractivity contribution in [1.82, 2.24) is 4.90 Å². The van der Waals surface area contributed by atoms with Crippen LogP contribution >= 0.6 is 0 Å². The third-order valence-corrected chi connectivity index (χ3v) is 5.29. The number of benzene rings is 2. The fourth-order valence-electron chi connectivity index (χ4n) is 3.82. The van der Waals surface area contributed by atoms with Gasteiger partial charge in [-0.05, 0) is 85.9 Å². The van der Waals surface area contributed by atoms with Crippen LogP contribution in [-0.2, 0) is 16.0 Å². The Morgan fingerprint density at radius 3 is 2.06 bits per heavy atom. The van der Waals surface area contributed by atoms with Gasteiger partial charge < -0.3 is 15.1 Å². The quantitative estimate of drug-likeness (QED) is 0.686. The Kier molecular flexibility index (Phi) is 8.45. The molecule has 0 aliphatic heterocycles. The van der Waals surface area contributed by atoms with Crippen molar-refractivity contribution in [1.29, 1.82) is 0 Å². The van der Waals surface area contributed by atoms with Crippen molar-refractivity contribution in [3.8, 4) is 0 Å². The molecule has 2 atom stereocenters. The first-order chi connectivity index (χ1) is 14.6. The number of carbonyl (C=O) groups is 2. The Labute approximate surface area is 180 Å². The molecule has 0 aromatic heterocycles. The van der Waals surface area contributed by atoms with E-state index in [1.807, 2.05) is 12.1 Å². The number of halogens is 2. The van der Waals surface area contributed by atoms with Crippen molar-refractivity contribution in [3.63, 3.8) is 0 Å². The third kappa shape index (κ3) is 7.00. The van der Waals surface area contributed by atoms with E-state index in [0.29, 0.717) is 18.1 Å². The second kappa shape index (κ2) is 10.8. The molecule has 0 radical (unpaired) electrons. The van der Waals surface area contributed by atoms with E-state index < -0.39 is 11.9 Å². The SMILES string of the molecule is CC1c2ccc(F)cc2CC(CCN(C)C)c2ccc(F)cc21.O=C(O)C=CC(=O)O. The molecule has 2 N–H and O–H groups in total. The summed E-state index contributed by atoms with van der Waals surface area (Å²) < 4.78 is 27.5. The molecular weight excluding hydrogens is 404 g/mol. The first kappa shape index (κ1) is 24.2. The van der Waals surface area contributed by atoms with Gasteiger partial charge in [-0.1, -0.05) is 19.1 Å².